The van der Waals surface area contributed by atoms with Crippen LogP contribution in [-0.2, 0) is 12.0 Å². The van der Waals surface area contributed by atoms with Gasteiger partial charge in [-0.2, -0.15) is 0 Å². The first kappa shape index (κ1) is 21.7. The molecule has 2 aromatic carbocycles. The van der Waals surface area contributed by atoms with Gasteiger partial charge in [0.05, 0.1) is 28.9 Å². The fourth-order valence-electron chi connectivity index (χ4n) is 3.96. The predicted molar refractivity (Wildman–Crippen MR) is 126 cm³/mol. The standard InChI is InChI=1S/C24H26Cl2N4O/c1-24(2,3)17-7-5-16(6-8-17)22-21-14-27-15-29(21)11-4-12-30(22)23(31)28-20-10-9-18(25)13-19(20)26/h5-10,13-15,22H,4,11-12H2,1-3H3,(H,28,31). The molecule has 0 radical (unpaired) electrons. The Kier molecular flexibility index (Phi) is 6.00. The van der Waals surface area contributed by atoms with Crippen molar-refractivity contribution in [1.29, 1.82) is 0 Å². The van der Waals surface area contributed by atoms with Crippen LogP contribution in [0.25, 0.3) is 0 Å². The molecule has 0 aliphatic carbocycles. The van der Waals surface area contributed by atoms with E-state index in [0.717, 1.165) is 24.2 Å². The Hall–Kier alpha value is -2.50. The van der Waals surface area contributed by atoms with Gasteiger partial charge < -0.3 is 14.8 Å². The summed E-state index contributed by atoms with van der Waals surface area (Å²) in [5.74, 6) is 0. The van der Waals surface area contributed by atoms with Crippen molar-refractivity contribution in [2.45, 2.75) is 45.2 Å². The molecule has 1 aliphatic rings. The Morgan fingerprint density at radius 2 is 1.84 bits per heavy atom. The van der Waals surface area contributed by atoms with E-state index in [1.54, 1.807) is 18.2 Å². The number of imidazole rings is 1. The minimum atomic E-state index is -0.245. The van der Waals surface area contributed by atoms with E-state index in [1.165, 1.54) is 5.56 Å². The summed E-state index contributed by atoms with van der Waals surface area (Å²) in [6.45, 7) is 8.01. The molecule has 0 bridgehead atoms. The second-order valence-corrected chi connectivity index (χ2v) is 9.73. The average molecular weight is 457 g/mol. The summed E-state index contributed by atoms with van der Waals surface area (Å²) in [7, 11) is 0. The molecule has 7 heteroatoms. The topological polar surface area (TPSA) is 50.2 Å². The Bertz CT molecular complexity index is 1090. The third-order valence-corrected chi connectivity index (χ3v) is 6.21. The Morgan fingerprint density at radius 3 is 2.52 bits per heavy atom. The lowest BCUT2D eigenvalue weighted by Gasteiger charge is -2.31. The van der Waals surface area contributed by atoms with Crippen LogP contribution in [-0.4, -0.2) is 27.0 Å². The molecule has 1 N–H and O–H groups in total. The molecule has 0 fully saturated rings. The van der Waals surface area contributed by atoms with Crippen LogP contribution in [0.2, 0.25) is 10.0 Å². The summed E-state index contributed by atoms with van der Waals surface area (Å²) < 4.78 is 2.13. The maximum atomic E-state index is 13.4. The summed E-state index contributed by atoms with van der Waals surface area (Å²) in [4.78, 5) is 19.6. The minimum Gasteiger partial charge on any atom is -0.332 e. The number of benzene rings is 2. The second kappa shape index (κ2) is 8.56. The molecule has 1 atom stereocenters. The molecule has 0 saturated heterocycles. The van der Waals surface area contributed by atoms with Crippen LogP contribution in [0, 0.1) is 0 Å². The number of anilines is 1. The van der Waals surface area contributed by atoms with Crippen LogP contribution < -0.4 is 5.32 Å². The average Bonchev–Trinajstić information content (AvgIpc) is 3.09. The van der Waals surface area contributed by atoms with Gasteiger partial charge in [-0.1, -0.05) is 68.2 Å². The van der Waals surface area contributed by atoms with Crippen molar-refractivity contribution >= 4 is 34.9 Å². The van der Waals surface area contributed by atoms with Crippen LogP contribution in [0.5, 0.6) is 0 Å². The molecular weight excluding hydrogens is 431 g/mol. The normalized spacial score (nSPS) is 16.5. The van der Waals surface area contributed by atoms with Gasteiger partial charge in [0.15, 0.2) is 0 Å². The number of aryl methyl sites for hydroxylation is 1. The predicted octanol–water partition coefficient (Wildman–Crippen LogP) is 6.51. The number of nitrogens with zero attached hydrogens (tertiary/aromatic N) is 3. The Balaban J connectivity index is 1.70. The Labute approximate surface area is 193 Å². The zero-order chi connectivity index (χ0) is 22.2. The van der Waals surface area contributed by atoms with Gasteiger partial charge in [-0.05, 0) is 41.2 Å². The van der Waals surface area contributed by atoms with Crippen LogP contribution in [0.1, 0.15) is 50.1 Å². The van der Waals surface area contributed by atoms with Gasteiger partial charge in [-0.3, -0.25) is 0 Å². The highest BCUT2D eigenvalue weighted by atomic mass is 35.5. The quantitative estimate of drug-likeness (QED) is 0.477. The number of carbonyl (C=O) groups excluding carboxylic acids is 1. The number of amides is 2. The molecule has 0 spiro atoms. The van der Waals surface area contributed by atoms with Crippen molar-refractivity contribution in [1.82, 2.24) is 14.5 Å². The van der Waals surface area contributed by atoms with Crippen LogP contribution in [0.4, 0.5) is 10.5 Å². The van der Waals surface area contributed by atoms with Crippen molar-refractivity contribution in [3.8, 4) is 0 Å². The van der Waals surface area contributed by atoms with E-state index >= 15 is 0 Å². The van der Waals surface area contributed by atoms with Gasteiger partial charge in [0.25, 0.3) is 0 Å². The minimum absolute atomic E-state index is 0.0617. The smallest absolute Gasteiger partial charge is 0.322 e. The molecule has 4 rings (SSSR count). The monoisotopic (exact) mass is 456 g/mol. The molecule has 2 heterocycles. The van der Waals surface area contributed by atoms with Crippen molar-refractivity contribution in [2.24, 2.45) is 0 Å². The number of urea groups is 1. The van der Waals surface area contributed by atoms with Crippen LogP contribution >= 0.6 is 23.2 Å². The SMILES string of the molecule is CC(C)(C)c1ccc(C2c3cncn3CCCN2C(=O)Nc2ccc(Cl)cc2Cl)cc1. The van der Waals surface area contributed by atoms with Gasteiger partial charge in [-0.15, -0.1) is 0 Å². The summed E-state index contributed by atoms with van der Waals surface area (Å²) in [5.41, 5.74) is 3.90. The maximum Gasteiger partial charge on any atom is 0.322 e. The molecule has 31 heavy (non-hydrogen) atoms. The lowest BCUT2D eigenvalue weighted by atomic mass is 9.86. The number of carbonyl (C=O) groups is 1. The first-order chi connectivity index (χ1) is 14.7. The third-order valence-electron chi connectivity index (χ3n) is 5.66. The molecule has 1 unspecified atom stereocenters. The summed E-state index contributed by atoms with van der Waals surface area (Å²) in [6.07, 6.45) is 4.52. The lowest BCUT2D eigenvalue weighted by molar-refractivity contribution is 0.199. The van der Waals surface area contributed by atoms with Crippen molar-refractivity contribution in [3.05, 3.63) is 81.9 Å². The maximum absolute atomic E-state index is 13.4. The van der Waals surface area contributed by atoms with E-state index < -0.39 is 0 Å². The van der Waals surface area contributed by atoms with Crippen molar-refractivity contribution in [2.75, 3.05) is 11.9 Å². The van der Waals surface area contributed by atoms with E-state index in [1.807, 2.05) is 17.4 Å². The zero-order valence-corrected chi connectivity index (χ0v) is 19.4. The first-order valence-electron chi connectivity index (χ1n) is 10.4. The van der Waals surface area contributed by atoms with E-state index in [9.17, 15) is 4.79 Å². The fourth-order valence-corrected chi connectivity index (χ4v) is 4.41. The molecule has 162 valence electrons. The van der Waals surface area contributed by atoms with Gasteiger partial charge in [0.1, 0.15) is 6.04 Å². The summed E-state index contributed by atoms with van der Waals surface area (Å²) >= 11 is 12.3. The number of nitrogens with one attached hydrogen (secondary N) is 1. The highest BCUT2D eigenvalue weighted by molar-refractivity contribution is 6.36. The third kappa shape index (κ3) is 4.58. The van der Waals surface area contributed by atoms with Gasteiger partial charge in [0.2, 0.25) is 0 Å². The number of rotatable bonds is 2. The molecule has 5 nitrogen and oxygen atoms in total. The molecular formula is C24H26Cl2N4O. The number of fused-ring (bicyclic) bond motifs is 1. The van der Waals surface area contributed by atoms with Crippen molar-refractivity contribution < 1.29 is 4.79 Å². The second-order valence-electron chi connectivity index (χ2n) is 8.89. The Morgan fingerprint density at radius 1 is 1.10 bits per heavy atom. The molecule has 2 amide bonds. The molecule has 3 aromatic rings. The van der Waals surface area contributed by atoms with E-state index in [0.29, 0.717) is 22.3 Å². The largest absolute Gasteiger partial charge is 0.332 e. The number of hydrogen-bond donors (Lipinski definition) is 1. The number of halogens is 2. The van der Waals surface area contributed by atoms with Crippen LogP contribution in [0.3, 0.4) is 0 Å². The van der Waals surface area contributed by atoms with E-state index in [2.05, 4.69) is 59.9 Å². The number of hydrogen-bond acceptors (Lipinski definition) is 2. The van der Waals surface area contributed by atoms with Gasteiger partial charge >= 0.3 is 6.03 Å². The van der Waals surface area contributed by atoms with E-state index in [-0.39, 0.29) is 17.5 Å². The summed E-state index contributed by atoms with van der Waals surface area (Å²) in [5, 5.41) is 3.90. The molecule has 0 saturated carbocycles. The van der Waals surface area contributed by atoms with Gasteiger partial charge in [-0.25, -0.2) is 9.78 Å². The number of aromatic nitrogens is 2. The zero-order valence-electron chi connectivity index (χ0n) is 17.9. The highest BCUT2D eigenvalue weighted by Crippen LogP contribution is 2.34. The molecule has 1 aliphatic heterocycles. The fraction of sp³-hybridized carbons (Fsp3) is 0.333. The van der Waals surface area contributed by atoms with Crippen molar-refractivity contribution in [3.63, 3.8) is 0 Å². The summed E-state index contributed by atoms with van der Waals surface area (Å²) in [6, 6.07) is 13.1. The van der Waals surface area contributed by atoms with E-state index in [4.69, 9.17) is 23.2 Å². The van der Waals surface area contributed by atoms with Crippen LogP contribution in [0.15, 0.2) is 55.0 Å². The van der Waals surface area contributed by atoms with Gasteiger partial charge in [0, 0.05) is 18.1 Å². The first-order valence-corrected chi connectivity index (χ1v) is 11.1. The molecule has 1 aromatic heterocycles. The highest BCUT2D eigenvalue weighted by Gasteiger charge is 2.32. The lowest BCUT2D eigenvalue weighted by Crippen LogP contribution is -2.39.